The van der Waals surface area contributed by atoms with Crippen LogP contribution in [-0.4, -0.2) is 50.5 Å². The molecule has 2 aromatic rings. The van der Waals surface area contributed by atoms with Crippen molar-refractivity contribution in [1.29, 1.82) is 0 Å². The van der Waals surface area contributed by atoms with Crippen molar-refractivity contribution in [3.8, 4) is 0 Å². The van der Waals surface area contributed by atoms with Crippen molar-refractivity contribution in [3.05, 3.63) is 62.6 Å². The Labute approximate surface area is 222 Å². The molecule has 0 saturated carbocycles. The number of carbonyl (C=O) groups is 2. The lowest BCUT2D eigenvalue weighted by Gasteiger charge is -2.33. The maximum atomic E-state index is 13.7. The Hall–Kier alpha value is -2.00. The molecule has 2 aromatic carbocycles. The molecule has 0 heterocycles. The Balaban J connectivity index is 2.52. The first-order chi connectivity index (χ1) is 16.4. The first-order valence-electron chi connectivity index (χ1n) is 11.1. The highest BCUT2D eigenvalue weighted by Crippen LogP contribution is 2.29. The van der Waals surface area contributed by atoms with E-state index in [9.17, 15) is 18.0 Å². The summed E-state index contributed by atoms with van der Waals surface area (Å²) in [6, 6.07) is 8.84. The van der Waals surface area contributed by atoms with E-state index in [4.69, 9.17) is 34.8 Å². The van der Waals surface area contributed by atoms with Crippen molar-refractivity contribution in [3.63, 3.8) is 0 Å². The lowest BCUT2D eigenvalue weighted by Crippen LogP contribution is -2.52. The van der Waals surface area contributed by atoms with E-state index in [0.29, 0.717) is 44.8 Å². The van der Waals surface area contributed by atoms with Gasteiger partial charge in [-0.3, -0.25) is 13.9 Å². The molecule has 0 saturated heterocycles. The third-order valence-corrected chi connectivity index (χ3v) is 7.50. The Morgan fingerprint density at radius 1 is 1.06 bits per heavy atom. The average molecular weight is 563 g/mol. The lowest BCUT2D eigenvalue weighted by atomic mass is 10.1. The fraction of sp³-hybridized carbons (Fsp3) is 0.417. The first-order valence-corrected chi connectivity index (χ1v) is 14.1. The van der Waals surface area contributed by atoms with Gasteiger partial charge in [0.1, 0.15) is 12.6 Å². The van der Waals surface area contributed by atoms with Gasteiger partial charge in [0.05, 0.1) is 11.9 Å². The third kappa shape index (κ3) is 7.74. The van der Waals surface area contributed by atoms with Crippen molar-refractivity contribution in [2.45, 2.75) is 46.2 Å². The quantitative estimate of drug-likeness (QED) is 0.415. The SMILES string of the molecule is CCCNC(=O)[C@@H](CC)N(Cc1c(Cl)cccc1Cl)C(=O)CN(c1ccc(Cl)cc1C)S(C)(=O)=O. The van der Waals surface area contributed by atoms with Crippen LogP contribution in [0.5, 0.6) is 0 Å². The summed E-state index contributed by atoms with van der Waals surface area (Å²) in [5, 5.41) is 3.94. The van der Waals surface area contributed by atoms with Gasteiger partial charge >= 0.3 is 0 Å². The van der Waals surface area contributed by atoms with Gasteiger partial charge in [-0.15, -0.1) is 0 Å². The van der Waals surface area contributed by atoms with Crippen molar-refractivity contribution in [1.82, 2.24) is 10.2 Å². The summed E-state index contributed by atoms with van der Waals surface area (Å²) in [5.41, 5.74) is 1.38. The lowest BCUT2D eigenvalue weighted by molar-refractivity contribution is -0.140. The van der Waals surface area contributed by atoms with Crippen molar-refractivity contribution >= 4 is 62.3 Å². The molecule has 2 rings (SSSR count). The molecule has 0 bridgehead atoms. The molecule has 0 unspecified atom stereocenters. The van der Waals surface area contributed by atoms with Gasteiger partial charge in [-0.2, -0.15) is 0 Å². The van der Waals surface area contributed by atoms with Gasteiger partial charge in [0.25, 0.3) is 0 Å². The largest absolute Gasteiger partial charge is 0.354 e. The standard InChI is InChI=1S/C24H30Cl3N3O4S/c1-5-12-28-24(32)21(6-2)29(14-18-19(26)8-7-9-20(18)27)23(31)15-30(35(4,33)34)22-11-10-17(25)13-16(22)3/h7-11,13,21H,5-6,12,14-15H2,1-4H3,(H,28,32)/t21-/m1/s1. The average Bonchev–Trinajstić information content (AvgIpc) is 2.77. The second-order valence-corrected chi connectivity index (χ2v) is 11.3. The second kappa shape index (κ2) is 12.8. The molecule has 0 aliphatic rings. The van der Waals surface area contributed by atoms with E-state index < -0.39 is 28.5 Å². The molecular formula is C24H30Cl3N3O4S. The van der Waals surface area contributed by atoms with Crippen LogP contribution in [0.25, 0.3) is 0 Å². The van der Waals surface area contributed by atoms with Crippen LogP contribution in [0.2, 0.25) is 15.1 Å². The number of hydrogen-bond donors (Lipinski definition) is 1. The van der Waals surface area contributed by atoms with E-state index in [1.165, 1.54) is 4.90 Å². The molecule has 35 heavy (non-hydrogen) atoms. The predicted octanol–water partition coefficient (Wildman–Crippen LogP) is 5.05. The number of aryl methyl sites for hydroxylation is 1. The highest BCUT2D eigenvalue weighted by Gasteiger charge is 2.32. The van der Waals surface area contributed by atoms with Gasteiger partial charge < -0.3 is 10.2 Å². The zero-order valence-electron chi connectivity index (χ0n) is 20.1. The number of sulfonamides is 1. The summed E-state index contributed by atoms with van der Waals surface area (Å²) in [6.07, 6.45) is 2.06. The van der Waals surface area contributed by atoms with Gasteiger partial charge in [-0.25, -0.2) is 8.42 Å². The highest BCUT2D eigenvalue weighted by molar-refractivity contribution is 7.92. The van der Waals surface area contributed by atoms with E-state index in [-0.39, 0.29) is 12.5 Å². The summed E-state index contributed by atoms with van der Waals surface area (Å²) in [7, 11) is -3.85. The van der Waals surface area contributed by atoms with E-state index in [2.05, 4.69) is 5.32 Å². The van der Waals surface area contributed by atoms with Crippen LogP contribution in [0.3, 0.4) is 0 Å². The summed E-state index contributed by atoms with van der Waals surface area (Å²) >= 11 is 18.8. The zero-order valence-corrected chi connectivity index (χ0v) is 23.2. The molecule has 1 atom stereocenters. The third-order valence-electron chi connectivity index (χ3n) is 5.43. The number of rotatable bonds is 11. The molecule has 1 N–H and O–H groups in total. The van der Waals surface area contributed by atoms with Crippen molar-refractivity contribution in [2.75, 3.05) is 23.7 Å². The van der Waals surface area contributed by atoms with E-state index in [1.54, 1.807) is 50.2 Å². The van der Waals surface area contributed by atoms with Gasteiger partial charge in [-0.1, -0.05) is 54.7 Å². The van der Waals surface area contributed by atoms with Crippen molar-refractivity contribution in [2.24, 2.45) is 0 Å². The van der Waals surface area contributed by atoms with Crippen LogP contribution >= 0.6 is 34.8 Å². The van der Waals surface area contributed by atoms with Crippen LogP contribution in [0.1, 0.15) is 37.8 Å². The van der Waals surface area contributed by atoms with E-state index in [1.807, 2.05) is 6.92 Å². The van der Waals surface area contributed by atoms with Crippen molar-refractivity contribution < 1.29 is 18.0 Å². The summed E-state index contributed by atoms with van der Waals surface area (Å²) in [6.45, 7) is 5.28. The predicted molar refractivity (Wildman–Crippen MR) is 143 cm³/mol. The second-order valence-electron chi connectivity index (χ2n) is 8.14. The highest BCUT2D eigenvalue weighted by atomic mass is 35.5. The fourth-order valence-electron chi connectivity index (χ4n) is 3.63. The molecule has 0 spiro atoms. The molecule has 0 aromatic heterocycles. The Morgan fingerprint density at radius 2 is 1.69 bits per heavy atom. The van der Waals surface area contributed by atoms with Gasteiger partial charge in [0, 0.05) is 33.7 Å². The number of nitrogens with zero attached hydrogens (tertiary/aromatic N) is 2. The minimum atomic E-state index is -3.85. The number of halogens is 3. The molecule has 0 aliphatic heterocycles. The van der Waals surface area contributed by atoms with Gasteiger partial charge in [0.2, 0.25) is 21.8 Å². The minimum absolute atomic E-state index is 0.0629. The van der Waals surface area contributed by atoms with E-state index >= 15 is 0 Å². The Kier molecular flexibility index (Phi) is 10.7. The van der Waals surface area contributed by atoms with Crippen LogP contribution in [0, 0.1) is 6.92 Å². The fourth-order valence-corrected chi connectivity index (χ4v) is 5.28. The first kappa shape index (κ1) is 29.2. The van der Waals surface area contributed by atoms with Gasteiger partial charge in [-0.05, 0) is 55.7 Å². The van der Waals surface area contributed by atoms with E-state index in [0.717, 1.165) is 17.0 Å². The number of carbonyl (C=O) groups excluding carboxylic acids is 2. The normalized spacial score (nSPS) is 12.2. The number of nitrogens with one attached hydrogen (secondary N) is 1. The zero-order chi connectivity index (χ0) is 26.3. The number of anilines is 1. The molecule has 7 nitrogen and oxygen atoms in total. The molecule has 192 valence electrons. The monoisotopic (exact) mass is 561 g/mol. The molecule has 0 aliphatic carbocycles. The van der Waals surface area contributed by atoms with Crippen LogP contribution < -0.4 is 9.62 Å². The topological polar surface area (TPSA) is 86.8 Å². The Morgan fingerprint density at radius 3 is 2.20 bits per heavy atom. The summed E-state index contributed by atoms with van der Waals surface area (Å²) < 4.78 is 26.4. The Bertz CT molecular complexity index is 1150. The number of benzene rings is 2. The maximum absolute atomic E-state index is 13.7. The molecule has 0 fully saturated rings. The van der Waals surface area contributed by atoms with Crippen LogP contribution in [-0.2, 0) is 26.2 Å². The minimum Gasteiger partial charge on any atom is -0.354 e. The molecule has 2 amide bonds. The van der Waals surface area contributed by atoms with Gasteiger partial charge in [0.15, 0.2) is 0 Å². The van der Waals surface area contributed by atoms with Crippen LogP contribution in [0.4, 0.5) is 5.69 Å². The summed E-state index contributed by atoms with van der Waals surface area (Å²) in [4.78, 5) is 28.0. The van der Waals surface area contributed by atoms with Crippen LogP contribution in [0.15, 0.2) is 36.4 Å². The molecule has 11 heteroatoms. The number of amides is 2. The molecule has 0 radical (unpaired) electrons. The molecular weight excluding hydrogens is 533 g/mol. The number of hydrogen-bond acceptors (Lipinski definition) is 4. The summed E-state index contributed by atoms with van der Waals surface area (Å²) in [5.74, 6) is -0.904. The smallest absolute Gasteiger partial charge is 0.244 e. The maximum Gasteiger partial charge on any atom is 0.244 e.